The van der Waals surface area contributed by atoms with E-state index in [0.29, 0.717) is 12.2 Å². The number of carbonyl (C=O) groups is 2. The van der Waals surface area contributed by atoms with Gasteiger partial charge in [0.05, 0.1) is 12.2 Å². The van der Waals surface area contributed by atoms with Gasteiger partial charge in [-0.15, -0.1) is 0 Å². The number of hydrogen-bond acceptors (Lipinski definition) is 5. The summed E-state index contributed by atoms with van der Waals surface area (Å²) < 4.78 is 10.7. The van der Waals surface area contributed by atoms with Crippen molar-refractivity contribution in [3.8, 4) is 0 Å². The van der Waals surface area contributed by atoms with E-state index in [2.05, 4.69) is 10.5 Å². The van der Waals surface area contributed by atoms with Gasteiger partial charge in [0.2, 0.25) is 0 Å². The first kappa shape index (κ1) is 17.0. The summed E-state index contributed by atoms with van der Waals surface area (Å²) in [5.41, 5.74) is 1.28. The highest BCUT2D eigenvalue weighted by atomic mass is 16.5. The van der Waals surface area contributed by atoms with Gasteiger partial charge in [-0.05, 0) is 26.0 Å². The molecule has 23 heavy (non-hydrogen) atoms. The second-order valence-electron chi connectivity index (χ2n) is 6.60. The van der Waals surface area contributed by atoms with Crippen LogP contribution in [0.3, 0.4) is 0 Å². The van der Waals surface area contributed by atoms with Crippen LogP contribution >= 0.6 is 0 Å². The van der Waals surface area contributed by atoms with Crippen molar-refractivity contribution in [3.05, 3.63) is 40.7 Å². The Balaban J connectivity index is 1.99. The molecule has 0 bridgehead atoms. The van der Waals surface area contributed by atoms with Crippen molar-refractivity contribution in [1.82, 2.24) is 10.5 Å². The van der Waals surface area contributed by atoms with Crippen LogP contribution in [0, 0.1) is 19.3 Å². The van der Waals surface area contributed by atoms with Crippen molar-refractivity contribution in [2.45, 2.75) is 41.0 Å². The molecule has 2 aromatic heterocycles. The first-order chi connectivity index (χ1) is 10.7. The van der Waals surface area contributed by atoms with Crippen LogP contribution in [-0.2, 0) is 11.2 Å². The summed E-state index contributed by atoms with van der Waals surface area (Å²) in [5.74, 6) is 1.14. The van der Waals surface area contributed by atoms with Gasteiger partial charge in [-0.3, -0.25) is 9.59 Å². The normalized spacial score (nSPS) is 11.5. The lowest BCUT2D eigenvalue weighted by Gasteiger charge is -2.16. The van der Waals surface area contributed by atoms with Gasteiger partial charge in [-0.2, -0.15) is 0 Å². The summed E-state index contributed by atoms with van der Waals surface area (Å²) in [6.45, 7) is 9.13. The van der Waals surface area contributed by atoms with Crippen molar-refractivity contribution < 1.29 is 18.5 Å². The number of Topliss-reactive ketones (excluding diaryl/α,β-unsaturated/α-hetero) is 1. The van der Waals surface area contributed by atoms with Gasteiger partial charge in [-0.25, -0.2) is 0 Å². The Morgan fingerprint density at radius 3 is 2.48 bits per heavy atom. The van der Waals surface area contributed by atoms with Crippen LogP contribution in [0.15, 0.2) is 21.1 Å². The molecule has 0 radical (unpaired) electrons. The Labute approximate surface area is 135 Å². The maximum atomic E-state index is 12.0. The van der Waals surface area contributed by atoms with E-state index >= 15 is 0 Å². The van der Waals surface area contributed by atoms with Gasteiger partial charge < -0.3 is 14.3 Å². The number of hydrogen-bond donors (Lipinski definition) is 1. The predicted molar refractivity (Wildman–Crippen MR) is 84.3 cm³/mol. The van der Waals surface area contributed by atoms with Crippen molar-refractivity contribution in [1.29, 1.82) is 0 Å². The molecule has 0 saturated carbocycles. The zero-order chi connectivity index (χ0) is 17.2. The molecule has 0 aliphatic carbocycles. The molecule has 0 atom stereocenters. The SMILES string of the molecule is Cc1noc(C)c1Cc1ccc(C(=O)NCC(=O)C(C)(C)C)o1. The maximum Gasteiger partial charge on any atom is 0.287 e. The van der Waals surface area contributed by atoms with Crippen LogP contribution in [0.25, 0.3) is 0 Å². The number of furan rings is 1. The summed E-state index contributed by atoms with van der Waals surface area (Å²) in [6.07, 6.45) is 0.509. The van der Waals surface area contributed by atoms with Gasteiger partial charge in [0, 0.05) is 17.4 Å². The minimum atomic E-state index is -0.481. The topological polar surface area (TPSA) is 85.3 Å². The van der Waals surface area contributed by atoms with E-state index < -0.39 is 11.3 Å². The van der Waals surface area contributed by atoms with Crippen molar-refractivity contribution >= 4 is 11.7 Å². The first-order valence-electron chi connectivity index (χ1n) is 7.50. The van der Waals surface area contributed by atoms with E-state index in [-0.39, 0.29) is 18.1 Å². The highest BCUT2D eigenvalue weighted by Gasteiger charge is 2.22. The molecule has 0 spiro atoms. The quantitative estimate of drug-likeness (QED) is 0.916. The van der Waals surface area contributed by atoms with E-state index in [4.69, 9.17) is 8.94 Å². The van der Waals surface area contributed by atoms with Gasteiger partial charge in [0.25, 0.3) is 5.91 Å². The molecule has 2 heterocycles. The van der Waals surface area contributed by atoms with E-state index in [1.165, 1.54) is 0 Å². The van der Waals surface area contributed by atoms with Crippen molar-refractivity contribution in [2.75, 3.05) is 6.54 Å². The minimum absolute atomic E-state index is 0.0117. The van der Waals surface area contributed by atoms with E-state index in [0.717, 1.165) is 17.0 Å². The number of aryl methyl sites for hydroxylation is 2. The van der Waals surface area contributed by atoms with Gasteiger partial charge in [0.1, 0.15) is 11.5 Å². The zero-order valence-corrected chi connectivity index (χ0v) is 14.1. The second-order valence-corrected chi connectivity index (χ2v) is 6.60. The van der Waals surface area contributed by atoms with Gasteiger partial charge >= 0.3 is 0 Å². The predicted octanol–water partition coefficient (Wildman–Crippen LogP) is 2.82. The highest BCUT2D eigenvalue weighted by Crippen LogP contribution is 2.19. The molecule has 0 aliphatic rings. The van der Waals surface area contributed by atoms with Crippen LogP contribution in [0.4, 0.5) is 0 Å². The van der Waals surface area contributed by atoms with Crippen molar-refractivity contribution in [2.24, 2.45) is 5.41 Å². The largest absolute Gasteiger partial charge is 0.456 e. The van der Waals surface area contributed by atoms with E-state index in [1.807, 2.05) is 34.6 Å². The smallest absolute Gasteiger partial charge is 0.287 e. The average Bonchev–Trinajstić information content (AvgIpc) is 3.05. The first-order valence-corrected chi connectivity index (χ1v) is 7.50. The number of carbonyl (C=O) groups excluding carboxylic acids is 2. The number of aromatic nitrogens is 1. The van der Waals surface area contributed by atoms with Crippen molar-refractivity contribution in [3.63, 3.8) is 0 Å². The molecule has 6 heteroatoms. The summed E-state index contributed by atoms with van der Waals surface area (Å²) >= 11 is 0. The minimum Gasteiger partial charge on any atom is -0.456 e. The molecule has 0 fully saturated rings. The molecule has 0 aliphatic heterocycles. The highest BCUT2D eigenvalue weighted by molar-refractivity contribution is 5.95. The van der Waals surface area contributed by atoms with E-state index in [9.17, 15) is 9.59 Å². The van der Waals surface area contributed by atoms with Crippen LogP contribution in [-0.4, -0.2) is 23.4 Å². The van der Waals surface area contributed by atoms with Crippen LogP contribution < -0.4 is 5.32 Å². The Bertz CT molecular complexity index is 700. The molecule has 124 valence electrons. The van der Waals surface area contributed by atoms with Crippen LogP contribution in [0.5, 0.6) is 0 Å². The molecular weight excluding hydrogens is 296 g/mol. The number of ketones is 1. The third kappa shape index (κ3) is 4.09. The summed E-state index contributed by atoms with van der Waals surface area (Å²) in [7, 11) is 0. The fourth-order valence-electron chi connectivity index (χ4n) is 2.04. The monoisotopic (exact) mass is 318 g/mol. The average molecular weight is 318 g/mol. The number of nitrogens with zero attached hydrogens (tertiary/aromatic N) is 1. The Hall–Kier alpha value is -2.37. The number of amides is 1. The second kappa shape index (κ2) is 6.40. The van der Waals surface area contributed by atoms with Gasteiger partial charge in [-0.1, -0.05) is 25.9 Å². The Kier molecular flexibility index (Phi) is 4.73. The standard InChI is InChI=1S/C17H22N2O4/c1-10-13(11(2)23-19-10)8-12-6-7-14(22-12)16(21)18-9-15(20)17(3,4)5/h6-7H,8-9H2,1-5H3,(H,18,21). The molecule has 0 saturated heterocycles. The molecule has 0 aromatic carbocycles. The lowest BCUT2D eigenvalue weighted by molar-refractivity contribution is -0.125. The third-order valence-electron chi connectivity index (χ3n) is 3.66. The molecule has 1 N–H and O–H groups in total. The third-order valence-corrected chi connectivity index (χ3v) is 3.66. The summed E-state index contributed by atoms with van der Waals surface area (Å²) in [4.78, 5) is 23.9. The molecule has 2 rings (SSSR count). The molecular formula is C17H22N2O4. The molecule has 1 amide bonds. The zero-order valence-electron chi connectivity index (χ0n) is 14.1. The fourth-order valence-corrected chi connectivity index (χ4v) is 2.04. The lowest BCUT2D eigenvalue weighted by atomic mass is 9.91. The van der Waals surface area contributed by atoms with E-state index in [1.54, 1.807) is 12.1 Å². The van der Waals surface area contributed by atoms with Crippen LogP contribution in [0.1, 0.15) is 54.1 Å². The molecule has 0 unspecified atom stereocenters. The Morgan fingerprint density at radius 2 is 1.91 bits per heavy atom. The fraction of sp³-hybridized carbons (Fsp3) is 0.471. The van der Waals surface area contributed by atoms with Gasteiger partial charge in [0.15, 0.2) is 11.5 Å². The number of nitrogens with one attached hydrogen (secondary N) is 1. The number of rotatable bonds is 5. The maximum absolute atomic E-state index is 12.0. The summed E-state index contributed by atoms with van der Waals surface area (Å²) in [5, 5.41) is 6.48. The lowest BCUT2D eigenvalue weighted by Crippen LogP contribution is -2.35. The molecule has 6 nitrogen and oxygen atoms in total. The molecule has 2 aromatic rings. The van der Waals surface area contributed by atoms with Crippen LogP contribution in [0.2, 0.25) is 0 Å². The Morgan fingerprint density at radius 1 is 1.22 bits per heavy atom. The summed E-state index contributed by atoms with van der Waals surface area (Å²) in [6, 6.07) is 3.34.